The Morgan fingerprint density at radius 1 is 1.09 bits per heavy atom. The topological polar surface area (TPSA) is 91.4 Å². The van der Waals surface area contributed by atoms with Crippen LogP contribution in [-0.2, 0) is 13.6 Å². The van der Waals surface area contributed by atoms with Crippen LogP contribution in [0.15, 0.2) is 41.8 Å². The van der Waals surface area contributed by atoms with E-state index in [1.54, 1.807) is 33.8 Å². The fourth-order valence-electron chi connectivity index (χ4n) is 3.62. The highest BCUT2D eigenvalue weighted by Crippen LogP contribution is 2.36. The van der Waals surface area contributed by atoms with Gasteiger partial charge >= 0.3 is 0 Å². The zero-order valence-electron chi connectivity index (χ0n) is 20.2. The van der Waals surface area contributed by atoms with Gasteiger partial charge in [0.25, 0.3) is 0 Å². The lowest BCUT2D eigenvalue weighted by atomic mass is 10.2. The number of aryl methyl sites for hydroxylation is 1. The van der Waals surface area contributed by atoms with Crippen LogP contribution in [0, 0.1) is 11.6 Å². The van der Waals surface area contributed by atoms with E-state index >= 15 is 8.78 Å². The van der Waals surface area contributed by atoms with Crippen molar-refractivity contribution in [3.63, 3.8) is 0 Å². The molecule has 4 aromatic rings. The van der Waals surface area contributed by atoms with Crippen molar-refractivity contribution < 1.29 is 18.3 Å². The molecule has 0 aliphatic heterocycles. The van der Waals surface area contributed by atoms with Crippen LogP contribution in [0.25, 0.3) is 22.4 Å². The largest absolute Gasteiger partial charge is 0.493 e. The molecule has 0 bridgehead atoms. The number of nitrogens with one attached hydrogen (secondary N) is 1. The first-order valence-electron chi connectivity index (χ1n) is 11.1. The predicted octanol–water partition coefficient (Wildman–Crippen LogP) is 3.36. The Morgan fingerprint density at radius 3 is 2.40 bits per heavy atom. The second-order valence-corrected chi connectivity index (χ2v) is 8.19. The van der Waals surface area contributed by atoms with Crippen molar-refractivity contribution in [2.75, 3.05) is 20.8 Å². The molecule has 0 aliphatic carbocycles. The minimum absolute atomic E-state index is 0.172. The second-order valence-electron chi connectivity index (χ2n) is 8.19. The van der Waals surface area contributed by atoms with Crippen LogP contribution >= 0.6 is 0 Å². The maximum atomic E-state index is 15.1. The first kappa shape index (κ1) is 24.3. The number of benzene rings is 1. The van der Waals surface area contributed by atoms with Crippen LogP contribution in [0.5, 0.6) is 11.5 Å². The molecule has 1 aromatic carbocycles. The molecular formula is C24H27F2N7O2. The van der Waals surface area contributed by atoms with Crippen molar-refractivity contribution in [3.8, 4) is 22.8 Å². The van der Waals surface area contributed by atoms with Gasteiger partial charge in [-0.1, -0.05) is 13.8 Å². The zero-order valence-corrected chi connectivity index (χ0v) is 20.2. The average molecular weight is 484 g/mol. The molecule has 0 saturated carbocycles. The van der Waals surface area contributed by atoms with Crippen LogP contribution in [0.1, 0.15) is 13.8 Å². The molecule has 1 N–H and O–H groups in total. The van der Waals surface area contributed by atoms with Gasteiger partial charge in [-0.15, -0.1) is 0 Å². The Morgan fingerprint density at radius 2 is 1.80 bits per heavy atom. The van der Waals surface area contributed by atoms with Crippen LogP contribution in [-0.4, -0.2) is 51.1 Å². The quantitative estimate of drug-likeness (QED) is 0.413. The number of fused-ring (bicyclic) bond motifs is 1. The maximum Gasteiger partial charge on any atom is 0.193 e. The standard InChI is InChI=1S/C24H27F2N7O2/c1-14(2)27-8-9-33-20(31-23-21(25)18(34-4)10-19(35-5)22(23)26)7-6-16-24(33)30-17(12-28-16)15-11-29-32(3)13-15/h6-7,10-14,27H,8-9H2,1-5H3/b31-20+. The molecule has 0 fully saturated rings. The molecule has 3 heterocycles. The van der Waals surface area contributed by atoms with Gasteiger partial charge in [-0.05, 0) is 12.1 Å². The molecule has 11 heteroatoms. The van der Waals surface area contributed by atoms with Gasteiger partial charge in [-0.3, -0.25) is 9.67 Å². The summed E-state index contributed by atoms with van der Waals surface area (Å²) in [6.07, 6.45) is 5.20. The van der Waals surface area contributed by atoms with Crippen LogP contribution in [0.2, 0.25) is 0 Å². The fraction of sp³-hybridized carbons (Fsp3) is 0.333. The zero-order chi connectivity index (χ0) is 25.1. The molecule has 4 rings (SSSR count). The first-order valence-corrected chi connectivity index (χ1v) is 11.1. The summed E-state index contributed by atoms with van der Waals surface area (Å²) in [6, 6.07) is 4.77. The maximum absolute atomic E-state index is 15.1. The molecule has 9 nitrogen and oxygen atoms in total. The molecule has 0 amide bonds. The van der Waals surface area contributed by atoms with Gasteiger partial charge in [0.15, 0.2) is 28.8 Å². The fourth-order valence-corrected chi connectivity index (χ4v) is 3.62. The molecule has 0 radical (unpaired) electrons. The van der Waals surface area contributed by atoms with E-state index in [1.165, 1.54) is 14.2 Å². The minimum atomic E-state index is -0.923. The van der Waals surface area contributed by atoms with Crippen LogP contribution in [0.4, 0.5) is 14.5 Å². The highest BCUT2D eigenvalue weighted by atomic mass is 19.1. The summed E-state index contributed by atoms with van der Waals surface area (Å²) in [7, 11) is 4.41. The number of hydrogen-bond acceptors (Lipinski definition) is 7. The Balaban J connectivity index is 1.96. The van der Waals surface area contributed by atoms with E-state index in [9.17, 15) is 0 Å². The van der Waals surface area contributed by atoms with Crippen molar-refractivity contribution in [2.24, 2.45) is 12.0 Å². The van der Waals surface area contributed by atoms with Gasteiger partial charge in [-0.25, -0.2) is 18.8 Å². The van der Waals surface area contributed by atoms with E-state index in [1.807, 2.05) is 27.1 Å². The van der Waals surface area contributed by atoms with Crippen molar-refractivity contribution in [2.45, 2.75) is 26.4 Å². The van der Waals surface area contributed by atoms with Crippen molar-refractivity contribution in [3.05, 3.63) is 53.9 Å². The number of ether oxygens (including phenoxy) is 2. The third kappa shape index (κ3) is 4.99. The van der Waals surface area contributed by atoms with E-state index in [0.29, 0.717) is 35.4 Å². The van der Waals surface area contributed by atoms with E-state index in [2.05, 4.69) is 20.4 Å². The van der Waals surface area contributed by atoms with Gasteiger partial charge < -0.3 is 19.4 Å². The van der Waals surface area contributed by atoms with E-state index in [-0.39, 0.29) is 17.5 Å². The number of pyridine rings is 1. The Labute approximate surface area is 201 Å². The third-order valence-corrected chi connectivity index (χ3v) is 5.37. The summed E-state index contributed by atoms with van der Waals surface area (Å²) in [6.45, 7) is 5.08. The molecule has 0 spiro atoms. The lowest BCUT2D eigenvalue weighted by Crippen LogP contribution is -2.31. The molecular weight excluding hydrogens is 456 g/mol. The molecule has 35 heavy (non-hydrogen) atoms. The van der Waals surface area contributed by atoms with Gasteiger partial charge in [0.2, 0.25) is 0 Å². The van der Waals surface area contributed by atoms with Crippen molar-refractivity contribution >= 4 is 16.9 Å². The smallest absolute Gasteiger partial charge is 0.193 e. The lowest BCUT2D eigenvalue weighted by molar-refractivity contribution is 0.359. The summed E-state index contributed by atoms with van der Waals surface area (Å²) < 4.78 is 43.7. The van der Waals surface area contributed by atoms with Gasteiger partial charge in [0.05, 0.1) is 32.3 Å². The number of hydrogen-bond donors (Lipinski definition) is 1. The number of nitrogens with zero attached hydrogens (tertiary/aromatic N) is 6. The molecule has 0 aliphatic rings. The second kappa shape index (κ2) is 10.2. The molecule has 0 unspecified atom stereocenters. The van der Waals surface area contributed by atoms with E-state index in [0.717, 1.165) is 11.6 Å². The number of halogens is 2. The monoisotopic (exact) mass is 483 g/mol. The highest BCUT2D eigenvalue weighted by molar-refractivity contribution is 5.73. The summed E-state index contributed by atoms with van der Waals surface area (Å²) in [5.41, 5.74) is 2.34. The van der Waals surface area contributed by atoms with Gasteiger partial charge in [0.1, 0.15) is 16.7 Å². The van der Waals surface area contributed by atoms with Crippen molar-refractivity contribution in [1.29, 1.82) is 0 Å². The highest BCUT2D eigenvalue weighted by Gasteiger charge is 2.20. The summed E-state index contributed by atoms with van der Waals surface area (Å²) in [5, 5.41) is 7.54. The van der Waals surface area contributed by atoms with Crippen LogP contribution in [0.3, 0.4) is 0 Å². The minimum Gasteiger partial charge on any atom is -0.493 e. The summed E-state index contributed by atoms with van der Waals surface area (Å²) >= 11 is 0. The lowest BCUT2D eigenvalue weighted by Gasteiger charge is -2.14. The predicted molar refractivity (Wildman–Crippen MR) is 128 cm³/mol. The normalized spacial score (nSPS) is 12.1. The Hall–Kier alpha value is -3.86. The van der Waals surface area contributed by atoms with Gasteiger partial charge in [-0.2, -0.15) is 5.10 Å². The SMILES string of the molecule is COc1cc(OC)c(F)c(/N=c2\ccc3ncc(-c4cnn(C)c4)nc3n2CCNC(C)C)c1F. The molecule has 0 saturated heterocycles. The Kier molecular flexibility index (Phi) is 7.06. The Bertz CT molecular complexity index is 1400. The summed E-state index contributed by atoms with van der Waals surface area (Å²) in [4.78, 5) is 13.7. The van der Waals surface area contributed by atoms with E-state index < -0.39 is 17.3 Å². The third-order valence-electron chi connectivity index (χ3n) is 5.37. The van der Waals surface area contributed by atoms with Crippen molar-refractivity contribution in [1.82, 2.24) is 29.6 Å². The van der Waals surface area contributed by atoms with Gasteiger partial charge in [0, 0.05) is 44.0 Å². The van der Waals surface area contributed by atoms with Crippen LogP contribution < -0.4 is 20.3 Å². The first-order chi connectivity index (χ1) is 16.8. The molecule has 184 valence electrons. The summed E-state index contributed by atoms with van der Waals surface area (Å²) in [5.74, 6) is -2.19. The molecule has 3 aromatic heterocycles. The molecule has 0 atom stereocenters. The number of rotatable bonds is 8. The number of methoxy groups -OCH3 is 2. The number of aromatic nitrogens is 5. The van der Waals surface area contributed by atoms with E-state index in [4.69, 9.17) is 14.5 Å². The average Bonchev–Trinajstić information content (AvgIpc) is 3.28.